The molecule has 0 spiro atoms. The van der Waals surface area contributed by atoms with Crippen LogP contribution in [-0.2, 0) is 6.42 Å². The van der Waals surface area contributed by atoms with Crippen LogP contribution < -0.4 is 0 Å². The molecule has 10 heteroatoms. The molecule has 0 unspecified atom stereocenters. The second kappa shape index (κ2) is 15.3. The molecule has 2 aromatic rings. The van der Waals surface area contributed by atoms with Gasteiger partial charge in [0.05, 0.1) is 0 Å². The van der Waals surface area contributed by atoms with E-state index in [2.05, 4.69) is 4.90 Å². The van der Waals surface area contributed by atoms with Crippen LogP contribution in [0.2, 0.25) is 0 Å². The van der Waals surface area contributed by atoms with Gasteiger partial charge in [-0.15, -0.1) is 0 Å². The Kier molecular flexibility index (Phi) is 12.4. The Labute approximate surface area is 242 Å². The first-order chi connectivity index (χ1) is 19.4. The summed E-state index contributed by atoms with van der Waals surface area (Å²) in [6.45, 7) is 1.60. The summed E-state index contributed by atoms with van der Waals surface area (Å²) in [6, 6.07) is 8.97. The first-order valence-electron chi connectivity index (χ1n) is 14.1. The Morgan fingerprint density at radius 2 is 1.51 bits per heavy atom. The van der Waals surface area contributed by atoms with Crippen molar-refractivity contribution in [2.45, 2.75) is 76.3 Å². The average molecular weight is 606 g/mol. The normalized spacial score (nSPS) is 14.5. The van der Waals surface area contributed by atoms with Crippen molar-refractivity contribution in [3.05, 3.63) is 64.7 Å². The summed E-state index contributed by atoms with van der Waals surface area (Å²) >= 11 is 1.12. The fourth-order valence-electron chi connectivity index (χ4n) is 5.21. The SMILES string of the molecule is CN(CCCCCCC1=C(c2cc(F)cc(F)c2)CCCc2cc(O)ccc21)CCCSCCC(F)(F)C(F)(F)F. The van der Waals surface area contributed by atoms with Gasteiger partial charge in [-0.3, -0.25) is 0 Å². The van der Waals surface area contributed by atoms with E-state index in [1.807, 2.05) is 13.1 Å². The maximum Gasteiger partial charge on any atom is 0.453 e. The van der Waals surface area contributed by atoms with Crippen molar-refractivity contribution in [1.82, 2.24) is 4.90 Å². The van der Waals surface area contributed by atoms with Gasteiger partial charge in [0.15, 0.2) is 0 Å². The molecule has 1 aliphatic rings. The first-order valence-corrected chi connectivity index (χ1v) is 15.2. The zero-order valence-corrected chi connectivity index (χ0v) is 24.1. The van der Waals surface area contributed by atoms with Crippen LogP contribution in [0.1, 0.15) is 74.5 Å². The monoisotopic (exact) mass is 605 g/mol. The predicted molar refractivity (Wildman–Crippen MR) is 152 cm³/mol. The fraction of sp³-hybridized carbons (Fsp3) is 0.548. The first kappa shape index (κ1) is 33.3. The van der Waals surface area contributed by atoms with Gasteiger partial charge in [0.25, 0.3) is 0 Å². The number of allylic oxidation sites excluding steroid dienone is 2. The molecule has 0 saturated heterocycles. The number of unbranched alkanes of at least 4 members (excludes halogenated alkanes) is 3. The van der Waals surface area contributed by atoms with E-state index in [9.17, 15) is 35.8 Å². The lowest BCUT2D eigenvalue weighted by Crippen LogP contribution is -2.36. The molecule has 2 nitrogen and oxygen atoms in total. The van der Waals surface area contributed by atoms with Crippen molar-refractivity contribution < 1.29 is 35.8 Å². The number of alkyl halides is 5. The number of rotatable bonds is 15. The van der Waals surface area contributed by atoms with Crippen LogP contribution in [0.25, 0.3) is 11.1 Å². The minimum Gasteiger partial charge on any atom is -0.508 e. The molecule has 0 fully saturated rings. The van der Waals surface area contributed by atoms with E-state index >= 15 is 0 Å². The Morgan fingerprint density at radius 1 is 0.829 bits per heavy atom. The van der Waals surface area contributed by atoms with Gasteiger partial charge in [0.1, 0.15) is 17.4 Å². The molecule has 0 aromatic heterocycles. The van der Waals surface area contributed by atoms with E-state index in [4.69, 9.17) is 0 Å². The maximum atomic E-state index is 14.1. The van der Waals surface area contributed by atoms with E-state index in [0.29, 0.717) is 24.2 Å². The number of fused-ring (bicyclic) bond motifs is 1. The van der Waals surface area contributed by atoms with Gasteiger partial charge < -0.3 is 10.0 Å². The number of halogens is 7. The van der Waals surface area contributed by atoms with Gasteiger partial charge in [-0.2, -0.15) is 33.7 Å². The largest absolute Gasteiger partial charge is 0.508 e. The summed E-state index contributed by atoms with van der Waals surface area (Å²) in [5.74, 6) is -5.33. The van der Waals surface area contributed by atoms with E-state index in [-0.39, 0.29) is 11.5 Å². The van der Waals surface area contributed by atoms with Crippen molar-refractivity contribution in [2.75, 3.05) is 31.6 Å². The molecule has 0 heterocycles. The van der Waals surface area contributed by atoms with E-state index in [1.165, 1.54) is 12.1 Å². The smallest absolute Gasteiger partial charge is 0.453 e. The Morgan fingerprint density at radius 3 is 2.22 bits per heavy atom. The third-order valence-electron chi connectivity index (χ3n) is 7.38. The molecule has 3 rings (SSSR count). The molecule has 1 N–H and O–H groups in total. The van der Waals surface area contributed by atoms with Gasteiger partial charge >= 0.3 is 12.1 Å². The maximum absolute atomic E-state index is 14.1. The second-order valence-electron chi connectivity index (χ2n) is 10.7. The van der Waals surface area contributed by atoms with E-state index in [0.717, 1.165) is 98.1 Å². The van der Waals surface area contributed by atoms with E-state index < -0.39 is 30.2 Å². The van der Waals surface area contributed by atoms with Gasteiger partial charge in [-0.1, -0.05) is 18.9 Å². The highest BCUT2D eigenvalue weighted by atomic mass is 32.2. The topological polar surface area (TPSA) is 23.5 Å². The molecular weight excluding hydrogens is 567 g/mol. The van der Waals surface area contributed by atoms with Crippen LogP contribution in [-0.4, -0.2) is 53.7 Å². The zero-order chi connectivity index (χ0) is 30.0. The van der Waals surface area contributed by atoms with Crippen LogP contribution in [0, 0.1) is 11.6 Å². The molecule has 0 amide bonds. The number of thioether (sulfide) groups is 1. The number of benzene rings is 2. The van der Waals surface area contributed by atoms with Crippen LogP contribution in [0.15, 0.2) is 36.4 Å². The number of aryl methyl sites for hydroxylation is 1. The molecule has 0 radical (unpaired) electrons. The lowest BCUT2D eigenvalue weighted by Gasteiger charge is -2.19. The van der Waals surface area contributed by atoms with Crippen molar-refractivity contribution in [2.24, 2.45) is 0 Å². The summed E-state index contributed by atoms with van der Waals surface area (Å²) in [6.07, 6.45) is 0.910. The molecule has 0 bridgehead atoms. The summed E-state index contributed by atoms with van der Waals surface area (Å²) in [7, 11) is 1.97. The summed E-state index contributed by atoms with van der Waals surface area (Å²) in [5, 5.41) is 10.0. The van der Waals surface area contributed by atoms with Crippen LogP contribution in [0.5, 0.6) is 5.75 Å². The molecule has 2 aromatic carbocycles. The Bertz CT molecular complexity index is 1150. The van der Waals surface area contributed by atoms with Gasteiger partial charge in [0, 0.05) is 12.5 Å². The minimum atomic E-state index is -5.49. The highest BCUT2D eigenvalue weighted by molar-refractivity contribution is 7.99. The number of hydrogen-bond acceptors (Lipinski definition) is 3. The summed E-state index contributed by atoms with van der Waals surface area (Å²) < 4.78 is 90.6. The third-order valence-corrected chi connectivity index (χ3v) is 8.45. The van der Waals surface area contributed by atoms with Crippen molar-refractivity contribution >= 4 is 22.9 Å². The number of phenols is 1. The van der Waals surface area contributed by atoms with Crippen LogP contribution in [0.3, 0.4) is 0 Å². The average Bonchev–Trinajstić information content (AvgIpc) is 3.05. The highest BCUT2D eigenvalue weighted by Gasteiger charge is 2.56. The number of phenolic OH excluding ortho intramolecular Hbond substituents is 1. The standard InChI is InChI=1S/C31H38F7NOS/c1-39(15-7-16-41-17-13-30(34,35)31(36,37)38)14-5-3-2-4-9-29-27(23-18-24(32)21-25(33)19-23)10-6-8-22-20-26(40)11-12-28(22)29/h11-12,18-21,40H,2-10,13-17H2,1H3. The number of nitrogens with zero attached hydrogens (tertiary/aromatic N) is 1. The molecule has 1 aliphatic carbocycles. The quantitative estimate of drug-likeness (QED) is 0.162. The predicted octanol–water partition coefficient (Wildman–Crippen LogP) is 9.51. The molecule has 228 valence electrons. The van der Waals surface area contributed by atoms with Crippen molar-refractivity contribution in [3.63, 3.8) is 0 Å². The number of hydrogen-bond donors (Lipinski definition) is 1. The summed E-state index contributed by atoms with van der Waals surface area (Å²) in [4.78, 5) is 2.14. The lowest BCUT2D eigenvalue weighted by molar-refractivity contribution is -0.282. The third kappa shape index (κ3) is 10.2. The molecule has 0 aliphatic heterocycles. The van der Waals surface area contributed by atoms with Crippen LogP contribution in [0.4, 0.5) is 30.7 Å². The molecule has 0 atom stereocenters. The minimum absolute atomic E-state index is 0.203. The Balaban J connectivity index is 1.45. The Hall–Kier alpha value is -2.20. The molecule has 0 saturated carbocycles. The zero-order valence-electron chi connectivity index (χ0n) is 23.3. The van der Waals surface area contributed by atoms with Gasteiger partial charge in [0.2, 0.25) is 0 Å². The van der Waals surface area contributed by atoms with Gasteiger partial charge in [-0.25, -0.2) is 8.78 Å². The number of aromatic hydroxyl groups is 1. The van der Waals surface area contributed by atoms with Crippen LogP contribution >= 0.6 is 11.8 Å². The van der Waals surface area contributed by atoms with Crippen molar-refractivity contribution in [3.8, 4) is 5.75 Å². The molecule has 41 heavy (non-hydrogen) atoms. The highest BCUT2D eigenvalue weighted by Crippen LogP contribution is 2.40. The summed E-state index contributed by atoms with van der Waals surface area (Å²) in [5.41, 5.74) is 4.66. The fourth-order valence-corrected chi connectivity index (χ4v) is 6.15. The molecular formula is C31H38F7NOS. The van der Waals surface area contributed by atoms with Crippen molar-refractivity contribution in [1.29, 1.82) is 0 Å². The lowest BCUT2D eigenvalue weighted by atomic mass is 9.89. The van der Waals surface area contributed by atoms with Gasteiger partial charge in [-0.05, 0) is 129 Å². The van der Waals surface area contributed by atoms with E-state index in [1.54, 1.807) is 12.1 Å². The second-order valence-corrected chi connectivity index (χ2v) is 11.9.